The quantitative estimate of drug-likeness (QED) is 0.242. The average Bonchev–Trinajstić information content (AvgIpc) is 3.63. The molecule has 4 aromatic rings. The van der Waals surface area contributed by atoms with E-state index in [0.29, 0.717) is 31.5 Å². The summed E-state index contributed by atoms with van der Waals surface area (Å²) in [5, 5.41) is 16.0. The molecular formula is C34H38ClFN6O7. The number of aromatic carboxylic acids is 1. The second kappa shape index (κ2) is 14.6. The molecule has 1 aliphatic carbocycles. The number of carboxylic acids is 1. The maximum Gasteiger partial charge on any atom is 0.354 e. The first kappa shape index (κ1) is 36.8. The number of fused-ring (bicyclic) bond motifs is 3. The lowest BCUT2D eigenvalue weighted by Gasteiger charge is -2.28. The van der Waals surface area contributed by atoms with Gasteiger partial charge in [-0.3, -0.25) is 9.59 Å². The van der Waals surface area contributed by atoms with Gasteiger partial charge in [0.1, 0.15) is 17.0 Å². The number of aromatic nitrogens is 3. The highest BCUT2D eigenvalue weighted by molar-refractivity contribution is 5.98. The lowest BCUT2D eigenvalue weighted by Crippen LogP contribution is -2.38. The van der Waals surface area contributed by atoms with Gasteiger partial charge in [0.2, 0.25) is 0 Å². The topological polar surface area (TPSA) is 178 Å². The zero-order chi connectivity index (χ0) is 34.9. The summed E-state index contributed by atoms with van der Waals surface area (Å²) in [4.78, 5) is 54.0. The van der Waals surface area contributed by atoms with Gasteiger partial charge in [-0.05, 0) is 87.9 Å². The number of benzene rings is 2. The maximum absolute atomic E-state index is 14.0. The van der Waals surface area contributed by atoms with Crippen LogP contribution in [0.5, 0.6) is 5.75 Å². The number of nitrogens with two attached hydrogens (primary N) is 1. The van der Waals surface area contributed by atoms with E-state index in [4.69, 9.17) is 15.2 Å². The van der Waals surface area contributed by atoms with Crippen LogP contribution in [0.25, 0.3) is 5.65 Å². The summed E-state index contributed by atoms with van der Waals surface area (Å²) in [6, 6.07) is 9.87. The van der Waals surface area contributed by atoms with E-state index >= 15 is 0 Å². The highest BCUT2D eigenvalue weighted by atomic mass is 35.5. The number of carbonyl (C=O) groups excluding carboxylic acids is 3. The van der Waals surface area contributed by atoms with Crippen molar-refractivity contribution in [2.45, 2.75) is 65.6 Å². The maximum atomic E-state index is 14.0. The molecule has 3 heterocycles. The number of ether oxygens (including phenoxy) is 2. The third-order valence-electron chi connectivity index (χ3n) is 8.02. The van der Waals surface area contributed by atoms with Crippen LogP contribution in [-0.2, 0) is 22.5 Å². The zero-order valence-electron chi connectivity index (χ0n) is 27.7. The molecule has 0 saturated carbocycles. The van der Waals surface area contributed by atoms with Crippen molar-refractivity contribution in [3.8, 4) is 5.75 Å². The highest BCUT2D eigenvalue weighted by Gasteiger charge is 2.30. The Morgan fingerprint density at radius 3 is 2.57 bits per heavy atom. The molecule has 0 saturated heterocycles. The Morgan fingerprint density at radius 2 is 1.92 bits per heavy atom. The Labute approximate surface area is 288 Å². The van der Waals surface area contributed by atoms with Gasteiger partial charge in [0.05, 0.1) is 23.5 Å². The lowest BCUT2D eigenvalue weighted by atomic mass is 9.97. The Bertz CT molecular complexity index is 1940. The fourth-order valence-electron chi connectivity index (χ4n) is 5.75. The number of nitrogens with zero attached hydrogens (tertiary/aromatic N) is 4. The number of nitrogens with one attached hydrogen (secondary N) is 1. The largest absolute Gasteiger partial charge is 0.482 e. The number of rotatable bonds is 6. The SMILES string of the molecule is CCN1C(=O)COc2ccc(CN)cc21.Cc1c(C(=O)OC(C)(C)C)ccc2c1CC[C@@H]2NC(=O)c1cc(C(=O)O)nc2c(F)cnn12.Cl. The van der Waals surface area contributed by atoms with Crippen LogP contribution in [0, 0.1) is 12.7 Å². The van der Waals surface area contributed by atoms with E-state index in [1.807, 2.05) is 32.0 Å². The van der Waals surface area contributed by atoms with Crippen LogP contribution in [0.1, 0.15) is 93.7 Å². The van der Waals surface area contributed by atoms with Crippen LogP contribution < -0.4 is 20.7 Å². The number of anilines is 1. The zero-order valence-corrected chi connectivity index (χ0v) is 28.5. The van der Waals surface area contributed by atoms with Gasteiger partial charge in [-0.1, -0.05) is 12.1 Å². The van der Waals surface area contributed by atoms with Crippen molar-refractivity contribution in [3.63, 3.8) is 0 Å². The Kier molecular flexibility index (Phi) is 10.9. The van der Waals surface area contributed by atoms with E-state index in [0.717, 1.165) is 50.5 Å². The molecule has 6 rings (SSSR count). The summed E-state index contributed by atoms with van der Waals surface area (Å²) >= 11 is 0. The van der Waals surface area contributed by atoms with Gasteiger partial charge in [0.25, 0.3) is 11.8 Å². The minimum absolute atomic E-state index is 0. The summed E-state index contributed by atoms with van der Waals surface area (Å²) in [7, 11) is 0. The number of carboxylic acid groups (broad SMARTS) is 1. The van der Waals surface area contributed by atoms with E-state index in [2.05, 4.69) is 15.4 Å². The fourth-order valence-corrected chi connectivity index (χ4v) is 5.75. The van der Waals surface area contributed by atoms with Crippen LogP contribution in [0.15, 0.2) is 42.6 Å². The van der Waals surface area contributed by atoms with Crippen molar-refractivity contribution in [2.75, 3.05) is 18.1 Å². The number of esters is 1. The Hall–Kier alpha value is -5.08. The lowest BCUT2D eigenvalue weighted by molar-refractivity contribution is -0.121. The molecule has 0 bridgehead atoms. The fraction of sp³-hybridized carbons (Fsp3) is 0.353. The molecule has 0 fully saturated rings. The smallest absolute Gasteiger partial charge is 0.354 e. The van der Waals surface area contributed by atoms with E-state index in [9.17, 15) is 28.7 Å². The molecule has 1 atom stereocenters. The summed E-state index contributed by atoms with van der Waals surface area (Å²) in [5.74, 6) is -2.48. The number of hydrogen-bond acceptors (Lipinski definition) is 9. The molecule has 2 amide bonds. The van der Waals surface area contributed by atoms with Crippen molar-refractivity contribution in [3.05, 3.63) is 87.6 Å². The Morgan fingerprint density at radius 1 is 1.18 bits per heavy atom. The van der Waals surface area contributed by atoms with Gasteiger partial charge in [-0.25, -0.2) is 23.5 Å². The number of likely N-dealkylation sites (N-methyl/N-ethyl adjacent to an activating group) is 1. The average molecular weight is 697 g/mol. The monoisotopic (exact) mass is 696 g/mol. The van der Waals surface area contributed by atoms with E-state index in [1.54, 1.807) is 37.8 Å². The van der Waals surface area contributed by atoms with Crippen LogP contribution in [-0.4, -0.2) is 62.2 Å². The van der Waals surface area contributed by atoms with E-state index in [-0.39, 0.29) is 42.3 Å². The van der Waals surface area contributed by atoms with Crippen LogP contribution in [0.3, 0.4) is 0 Å². The van der Waals surface area contributed by atoms with Crippen molar-refractivity contribution >= 4 is 47.5 Å². The minimum atomic E-state index is -1.39. The predicted octanol–water partition coefficient (Wildman–Crippen LogP) is 4.56. The first-order chi connectivity index (χ1) is 22.7. The molecule has 13 nitrogen and oxygen atoms in total. The molecule has 260 valence electrons. The normalized spacial score (nSPS) is 14.9. The van der Waals surface area contributed by atoms with E-state index in [1.165, 1.54) is 0 Å². The standard InChI is InChI=1S/C23H23FN4O5.C11H14N2O2.ClH/c1-11-12-7-8-16(14(12)6-5-13(11)22(32)33-23(2,3)4)27-20(29)18-9-17(21(30)31)26-19-15(24)10-25-28(18)19;1-2-13-9-5-8(6-12)3-4-10(9)15-7-11(13)14;/h5-6,9-10,16H,7-8H2,1-4H3,(H,27,29)(H,30,31);3-5H,2,6-7,12H2,1H3;1H/t16-;;/m0../s1. The molecule has 15 heteroatoms. The van der Waals surface area contributed by atoms with E-state index < -0.39 is 35.0 Å². The van der Waals surface area contributed by atoms with Gasteiger partial charge < -0.3 is 30.5 Å². The molecule has 0 spiro atoms. The third kappa shape index (κ3) is 7.65. The third-order valence-corrected chi connectivity index (χ3v) is 8.02. The molecule has 1 aliphatic heterocycles. The molecule has 2 aromatic carbocycles. The first-order valence-corrected chi connectivity index (χ1v) is 15.4. The number of carbonyl (C=O) groups is 4. The minimum Gasteiger partial charge on any atom is -0.482 e. The molecule has 0 unspecified atom stereocenters. The van der Waals surface area contributed by atoms with Crippen molar-refractivity contribution in [1.82, 2.24) is 19.9 Å². The van der Waals surface area contributed by atoms with Gasteiger partial charge in [0, 0.05) is 19.2 Å². The highest BCUT2D eigenvalue weighted by Crippen LogP contribution is 2.36. The molecule has 2 aliphatic rings. The number of hydrogen-bond donors (Lipinski definition) is 3. The van der Waals surface area contributed by atoms with Crippen LogP contribution in [0.2, 0.25) is 0 Å². The van der Waals surface area contributed by atoms with Gasteiger partial charge in [0.15, 0.2) is 23.8 Å². The molecule has 0 radical (unpaired) electrons. The second-order valence-electron chi connectivity index (χ2n) is 12.4. The van der Waals surface area contributed by atoms with Crippen molar-refractivity contribution in [2.24, 2.45) is 5.73 Å². The Balaban J connectivity index is 0.000000283. The van der Waals surface area contributed by atoms with Crippen LogP contribution in [0.4, 0.5) is 10.1 Å². The summed E-state index contributed by atoms with van der Waals surface area (Å²) in [6.45, 7) is 10.5. The molecule has 4 N–H and O–H groups in total. The summed E-state index contributed by atoms with van der Waals surface area (Å²) < 4.78 is 25.8. The molecule has 2 aromatic heterocycles. The predicted molar refractivity (Wildman–Crippen MR) is 180 cm³/mol. The summed E-state index contributed by atoms with van der Waals surface area (Å²) in [5.41, 5.74) is 8.93. The molecular weight excluding hydrogens is 659 g/mol. The van der Waals surface area contributed by atoms with Gasteiger partial charge in [-0.15, -0.1) is 12.4 Å². The van der Waals surface area contributed by atoms with Crippen molar-refractivity contribution in [1.29, 1.82) is 0 Å². The molecule has 49 heavy (non-hydrogen) atoms. The summed E-state index contributed by atoms with van der Waals surface area (Å²) in [6.07, 6.45) is 2.11. The van der Waals surface area contributed by atoms with Crippen LogP contribution >= 0.6 is 12.4 Å². The first-order valence-electron chi connectivity index (χ1n) is 15.4. The second-order valence-corrected chi connectivity index (χ2v) is 12.4. The number of halogens is 2. The number of amides is 2. The van der Waals surface area contributed by atoms with Crippen molar-refractivity contribution < 1.29 is 38.1 Å². The van der Waals surface area contributed by atoms with Gasteiger partial charge >= 0.3 is 11.9 Å². The van der Waals surface area contributed by atoms with Gasteiger partial charge in [-0.2, -0.15) is 5.10 Å².